The summed E-state index contributed by atoms with van der Waals surface area (Å²) in [6.07, 6.45) is 0. The number of hydrogen-bond acceptors (Lipinski definition) is 3. The zero-order valence-electron chi connectivity index (χ0n) is 14.4. The van der Waals surface area contributed by atoms with E-state index in [-0.39, 0.29) is 18.4 Å². The van der Waals surface area contributed by atoms with Gasteiger partial charge in [0.1, 0.15) is 5.69 Å². The van der Waals surface area contributed by atoms with Crippen molar-refractivity contribution in [2.24, 2.45) is 10.7 Å². The number of quaternary nitrogens is 1. The summed E-state index contributed by atoms with van der Waals surface area (Å²) >= 11 is 12.8. The van der Waals surface area contributed by atoms with Crippen molar-refractivity contribution in [1.29, 1.82) is 0 Å². The van der Waals surface area contributed by atoms with Crippen LogP contribution in [-0.4, -0.2) is 18.3 Å². The lowest BCUT2D eigenvalue weighted by Gasteiger charge is -2.20. The third-order valence-electron chi connectivity index (χ3n) is 4.76. The Morgan fingerprint density at radius 2 is 1.96 bits per heavy atom. The molecular weight excluding hydrogens is 407 g/mol. The van der Waals surface area contributed by atoms with Gasteiger partial charge in [0.05, 0.1) is 12.6 Å². The predicted molar refractivity (Wildman–Crippen MR) is 110 cm³/mol. The molecular formula is C19H18Cl3N4O+. The number of nitrogens with zero attached hydrogens (tertiary/aromatic N) is 1. The molecule has 1 amide bonds. The minimum atomic E-state index is -0.525. The third-order valence-corrected chi connectivity index (χ3v) is 5.33. The van der Waals surface area contributed by atoms with Crippen LogP contribution >= 0.6 is 35.6 Å². The average Bonchev–Trinajstić information content (AvgIpc) is 2.84. The highest BCUT2D eigenvalue weighted by Gasteiger charge is 2.40. The lowest BCUT2D eigenvalue weighted by molar-refractivity contribution is -0.682. The van der Waals surface area contributed by atoms with Crippen LogP contribution in [0, 0.1) is 0 Å². The first-order chi connectivity index (χ1) is 12.5. The molecule has 0 spiro atoms. The van der Waals surface area contributed by atoms with Crippen LogP contribution < -0.4 is 16.0 Å². The van der Waals surface area contributed by atoms with E-state index >= 15 is 0 Å². The van der Waals surface area contributed by atoms with Crippen LogP contribution in [0.4, 0.5) is 5.69 Å². The fourth-order valence-corrected chi connectivity index (χ4v) is 4.09. The van der Waals surface area contributed by atoms with Gasteiger partial charge in [-0.2, -0.15) is 4.99 Å². The molecule has 2 atom stereocenters. The van der Waals surface area contributed by atoms with Crippen molar-refractivity contribution in [1.82, 2.24) is 5.32 Å². The van der Waals surface area contributed by atoms with Crippen LogP contribution in [0.25, 0.3) is 0 Å². The Morgan fingerprint density at radius 1 is 1.22 bits per heavy atom. The Hall–Kier alpha value is -1.89. The largest absolute Gasteiger partial charge is 0.364 e. The van der Waals surface area contributed by atoms with E-state index in [4.69, 9.17) is 28.9 Å². The summed E-state index contributed by atoms with van der Waals surface area (Å²) in [6.45, 7) is 2.34. The standard InChI is InChI=1S/C19H16Cl2N4O.ClH/c1-10-24-18(19(22)26)16-9-23-17(12-4-2-3-5-14(12)21)13-8-11(20)6-7-15(13)25(10)16;/h2-8,17,23H,9H2,1H3,(H2,22,26);1H/p+1. The summed E-state index contributed by atoms with van der Waals surface area (Å²) in [7, 11) is 0. The molecule has 0 radical (unpaired) electrons. The quantitative estimate of drug-likeness (QED) is 0.694. The third kappa shape index (κ3) is 3.37. The highest BCUT2D eigenvalue weighted by molar-refractivity contribution is 6.31. The molecule has 0 fully saturated rings. The van der Waals surface area contributed by atoms with E-state index in [9.17, 15) is 4.79 Å². The van der Waals surface area contributed by atoms with Crippen LogP contribution in [0.1, 0.15) is 24.1 Å². The second kappa shape index (κ2) is 7.62. The molecule has 4 rings (SSSR count). The van der Waals surface area contributed by atoms with E-state index < -0.39 is 5.91 Å². The van der Waals surface area contributed by atoms with Crippen molar-refractivity contribution < 1.29 is 9.69 Å². The van der Waals surface area contributed by atoms with E-state index in [1.807, 2.05) is 49.4 Å². The first-order valence-corrected chi connectivity index (χ1v) is 8.96. The van der Waals surface area contributed by atoms with Gasteiger partial charge in [-0.05, 0) is 23.8 Å². The molecule has 27 heavy (non-hydrogen) atoms. The lowest BCUT2D eigenvalue weighted by atomic mass is 9.97. The number of amidine groups is 1. The number of nitrogens with two attached hydrogens (primary N) is 1. The fraction of sp³-hybridized carbons (Fsp3) is 0.158. The first-order valence-electron chi connectivity index (χ1n) is 8.21. The Kier molecular flexibility index (Phi) is 5.60. The maximum absolute atomic E-state index is 11.9. The number of fused-ring (bicyclic) bond motifs is 3. The summed E-state index contributed by atoms with van der Waals surface area (Å²) in [5.74, 6) is 0.252. The van der Waals surface area contributed by atoms with Gasteiger partial charge >= 0.3 is 0 Å². The molecule has 140 valence electrons. The molecule has 5 nitrogen and oxygen atoms in total. The van der Waals surface area contributed by atoms with E-state index in [2.05, 4.69) is 10.3 Å². The number of amides is 1. The Bertz CT molecular complexity index is 987. The van der Waals surface area contributed by atoms with E-state index in [1.165, 1.54) is 0 Å². The smallest absolute Gasteiger partial charge is 0.273 e. The van der Waals surface area contributed by atoms with Gasteiger partial charge < -0.3 is 5.73 Å². The molecule has 4 N–H and O–H groups in total. The van der Waals surface area contributed by atoms with Crippen molar-refractivity contribution in [3.63, 3.8) is 0 Å². The number of benzene rings is 2. The van der Waals surface area contributed by atoms with Crippen LogP contribution in [0.2, 0.25) is 10.0 Å². The van der Waals surface area contributed by atoms with Crippen LogP contribution in [0.15, 0.2) is 58.9 Å². The number of primary amides is 1. The maximum Gasteiger partial charge on any atom is 0.273 e. The number of aliphatic imine (C=N–C) groups is 1. The Morgan fingerprint density at radius 3 is 2.67 bits per heavy atom. The van der Waals surface area contributed by atoms with Crippen molar-refractivity contribution >= 4 is 53.0 Å². The van der Waals surface area contributed by atoms with Crippen LogP contribution in [0.3, 0.4) is 0 Å². The Labute approximate surface area is 173 Å². The van der Waals surface area contributed by atoms with Gasteiger partial charge in [0, 0.05) is 28.6 Å². The van der Waals surface area contributed by atoms with Gasteiger partial charge in [-0.3, -0.25) is 10.1 Å². The predicted octanol–water partition coefficient (Wildman–Crippen LogP) is 2.75. The van der Waals surface area contributed by atoms with Crippen LogP contribution in [-0.2, 0) is 4.79 Å². The van der Waals surface area contributed by atoms with Gasteiger partial charge in [0.25, 0.3) is 5.91 Å². The molecule has 2 unspecified atom stereocenters. The second-order valence-corrected chi connectivity index (χ2v) is 7.17. The van der Waals surface area contributed by atoms with E-state index in [0.717, 1.165) is 33.2 Å². The summed E-state index contributed by atoms with van der Waals surface area (Å²) in [6, 6.07) is 13.3. The molecule has 0 aliphatic carbocycles. The number of carbonyl (C=O) groups is 1. The summed E-state index contributed by atoms with van der Waals surface area (Å²) < 4.78 is 0. The zero-order valence-corrected chi connectivity index (χ0v) is 16.8. The molecule has 0 saturated carbocycles. The topological polar surface area (TPSA) is 71.9 Å². The normalized spacial score (nSPS) is 20.9. The molecule has 2 heterocycles. The SMILES string of the molecule is CC1=NC(C(N)=O)=C2CNC(c3ccccc3Cl)c3cc(Cl)ccc3[NH+]12.Cl. The fourth-order valence-electron chi connectivity index (χ4n) is 3.66. The van der Waals surface area contributed by atoms with E-state index in [0.29, 0.717) is 22.3 Å². The lowest BCUT2D eigenvalue weighted by Crippen LogP contribution is -3.07. The molecule has 0 saturated heterocycles. The molecule has 8 heteroatoms. The summed E-state index contributed by atoms with van der Waals surface area (Å²) in [4.78, 5) is 17.2. The number of carbonyl (C=O) groups excluding carboxylic acids is 1. The molecule has 2 aliphatic rings. The highest BCUT2D eigenvalue weighted by atomic mass is 35.5. The van der Waals surface area contributed by atoms with Gasteiger partial charge in [-0.15, -0.1) is 12.4 Å². The van der Waals surface area contributed by atoms with Crippen molar-refractivity contribution in [2.45, 2.75) is 13.0 Å². The second-order valence-electron chi connectivity index (χ2n) is 6.33. The molecule has 2 aliphatic heterocycles. The minimum Gasteiger partial charge on any atom is -0.364 e. The highest BCUT2D eigenvalue weighted by Crippen LogP contribution is 2.35. The number of halogens is 3. The van der Waals surface area contributed by atoms with Gasteiger partial charge in [-0.25, -0.2) is 4.90 Å². The molecule has 0 bridgehead atoms. The molecule has 2 aromatic carbocycles. The van der Waals surface area contributed by atoms with Gasteiger partial charge in [-0.1, -0.05) is 41.4 Å². The molecule has 0 aromatic heterocycles. The van der Waals surface area contributed by atoms with Crippen molar-refractivity contribution in [3.05, 3.63) is 75.0 Å². The Balaban J connectivity index is 0.00000210. The monoisotopic (exact) mass is 423 g/mol. The van der Waals surface area contributed by atoms with Crippen molar-refractivity contribution in [3.8, 4) is 0 Å². The van der Waals surface area contributed by atoms with Crippen molar-refractivity contribution in [2.75, 3.05) is 6.54 Å². The van der Waals surface area contributed by atoms with Gasteiger partial charge in [0.15, 0.2) is 11.4 Å². The minimum absolute atomic E-state index is 0. The average molecular weight is 425 g/mol. The summed E-state index contributed by atoms with van der Waals surface area (Å²) in [5, 5.41) is 4.80. The number of hydrogen-bond donors (Lipinski definition) is 3. The maximum atomic E-state index is 11.9. The van der Waals surface area contributed by atoms with E-state index in [1.54, 1.807) is 0 Å². The van der Waals surface area contributed by atoms with Gasteiger partial charge in [0.2, 0.25) is 5.84 Å². The molecule has 2 aromatic rings. The number of rotatable bonds is 2. The van der Waals surface area contributed by atoms with Crippen LogP contribution in [0.5, 0.6) is 0 Å². The zero-order chi connectivity index (χ0) is 18.4. The first kappa shape index (κ1) is 19.9. The summed E-state index contributed by atoms with van der Waals surface area (Å²) in [5.41, 5.74) is 9.60. The number of nitrogens with one attached hydrogen (secondary N) is 2.